The molecule has 2 aromatic rings. The molecule has 0 saturated heterocycles. The van der Waals surface area contributed by atoms with Crippen LogP contribution in [-0.2, 0) is 9.84 Å². The molecule has 0 fully saturated rings. The van der Waals surface area contributed by atoms with E-state index in [1.807, 2.05) is 0 Å². The molecule has 0 aliphatic rings. The second-order valence-electron chi connectivity index (χ2n) is 4.04. The fourth-order valence-corrected chi connectivity index (χ4v) is 2.23. The van der Waals surface area contributed by atoms with Crippen LogP contribution in [0.5, 0.6) is 0 Å². The monoisotopic (exact) mass is 264 g/mol. The lowest BCUT2D eigenvalue weighted by Gasteiger charge is -2.02. The third-order valence-electron chi connectivity index (χ3n) is 2.55. The average Bonchev–Trinajstić information content (AvgIpc) is 2.28. The maximum atomic E-state index is 11.6. The van der Waals surface area contributed by atoms with Crippen molar-refractivity contribution in [2.75, 3.05) is 6.26 Å². The van der Waals surface area contributed by atoms with Crippen molar-refractivity contribution in [3.05, 3.63) is 52.6 Å². The van der Waals surface area contributed by atoms with Gasteiger partial charge in [-0.05, 0) is 36.8 Å². The zero-order valence-corrected chi connectivity index (χ0v) is 10.8. The van der Waals surface area contributed by atoms with Crippen molar-refractivity contribution >= 4 is 9.84 Å². The first-order chi connectivity index (χ1) is 8.38. The van der Waals surface area contributed by atoms with E-state index in [0.717, 1.165) is 6.26 Å². The molecule has 4 nitrogen and oxygen atoms in total. The highest BCUT2D eigenvalue weighted by Gasteiger charge is 2.09. The summed E-state index contributed by atoms with van der Waals surface area (Å²) < 4.78 is 27.6. The Morgan fingerprint density at radius 2 is 1.61 bits per heavy atom. The maximum Gasteiger partial charge on any atom is 0.343 e. The molecule has 0 aliphatic heterocycles. The highest BCUT2D eigenvalue weighted by molar-refractivity contribution is 7.90. The van der Waals surface area contributed by atoms with Gasteiger partial charge < -0.3 is 4.42 Å². The fraction of sp³-hybridized carbons (Fsp3) is 0.154. The highest BCUT2D eigenvalue weighted by atomic mass is 32.2. The Labute approximate surface area is 105 Å². The summed E-state index contributed by atoms with van der Waals surface area (Å²) in [5.74, 6) is 0.538. The van der Waals surface area contributed by atoms with E-state index >= 15 is 0 Å². The number of benzene rings is 1. The van der Waals surface area contributed by atoms with E-state index in [1.54, 1.807) is 31.2 Å². The minimum absolute atomic E-state index is 0.225. The van der Waals surface area contributed by atoms with Crippen molar-refractivity contribution < 1.29 is 12.8 Å². The first-order valence-electron chi connectivity index (χ1n) is 5.29. The summed E-state index contributed by atoms with van der Waals surface area (Å²) in [7, 11) is -3.22. The Hall–Kier alpha value is -1.88. The van der Waals surface area contributed by atoms with Crippen molar-refractivity contribution in [1.82, 2.24) is 0 Å². The SMILES string of the molecule is Cc1ccc(-c2ccc(S(C)(=O)=O)cc2)c(=O)o1. The van der Waals surface area contributed by atoms with Crippen LogP contribution in [0.2, 0.25) is 0 Å². The summed E-state index contributed by atoms with van der Waals surface area (Å²) in [5.41, 5.74) is 0.624. The fourth-order valence-electron chi connectivity index (χ4n) is 1.60. The smallest absolute Gasteiger partial charge is 0.343 e. The molecule has 0 N–H and O–H groups in total. The third-order valence-corrected chi connectivity index (χ3v) is 3.68. The first kappa shape index (κ1) is 12.6. The quantitative estimate of drug-likeness (QED) is 0.832. The maximum absolute atomic E-state index is 11.6. The Bertz CT molecular complexity index is 724. The second kappa shape index (κ2) is 4.42. The largest absolute Gasteiger partial charge is 0.428 e. The zero-order chi connectivity index (χ0) is 13.3. The van der Waals surface area contributed by atoms with Gasteiger partial charge in [-0.1, -0.05) is 12.1 Å². The Morgan fingerprint density at radius 1 is 1.00 bits per heavy atom. The Morgan fingerprint density at radius 3 is 2.11 bits per heavy atom. The molecule has 0 radical (unpaired) electrons. The van der Waals surface area contributed by atoms with Crippen LogP contribution < -0.4 is 5.63 Å². The predicted octanol–water partition coefficient (Wildman–Crippen LogP) is 2.02. The molecule has 0 amide bonds. The van der Waals surface area contributed by atoms with Crippen LogP contribution >= 0.6 is 0 Å². The number of aryl methyl sites for hydroxylation is 1. The summed E-state index contributed by atoms with van der Waals surface area (Å²) in [6.07, 6.45) is 1.14. The molecule has 0 spiro atoms. The average molecular weight is 264 g/mol. The van der Waals surface area contributed by atoms with Gasteiger partial charge in [-0.15, -0.1) is 0 Å². The second-order valence-corrected chi connectivity index (χ2v) is 6.06. The lowest BCUT2D eigenvalue weighted by molar-refractivity contribution is 0.482. The highest BCUT2D eigenvalue weighted by Crippen LogP contribution is 2.18. The Kier molecular flexibility index (Phi) is 3.09. The van der Waals surface area contributed by atoms with Crippen molar-refractivity contribution in [2.24, 2.45) is 0 Å². The molecule has 0 bridgehead atoms. The Balaban J connectivity index is 2.50. The van der Waals surface area contributed by atoms with Crippen molar-refractivity contribution in [1.29, 1.82) is 0 Å². The van der Waals surface area contributed by atoms with Gasteiger partial charge in [0.1, 0.15) is 5.76 Å². The molecule has 18 heavy (non-hydrogen) atoms. The standard InChI is InChI=1S/C13H12O4S/c1-9-3-8-12(13(14)17-9)10-4-6-11(7-5-10)18(2,15)16/h3-8H,1-2H3. The van der Waals surface area contributed by atoms with Crippen molar-refractivity contribution in [3.63, 3.8) is 0 Å². The van der Waals surface area contributed by atoms with Crippen LogP contribution in [0.1, 0.15) is 5.76 Å². The van der Waals surface area contributed by atoms with Crippen LogP contribution in [0.25, 0.3) is 11.1 Å². The van der Waals surface area contributed by atoms with Crippen LogP contribution in [-0.4, -0.2) is 14.7 Å². The van der Waals surface area contributed by atoms with Gasteiger partial charge in [-0.25, -0.2) is 13.2 Å². The van der Waals surface area contributed by atoms with E-state index in [-0.39, 0.29) is 4.90 Å². The van der Waals surface area contributed by atoms with E-state index in [9.17, 15) is 13.2 Å². The van der Waals surface area contributed by atoms with Gasteiger partial charge in [0, 0.05) is 6.26 Å². The minimum atomic E-state index is -3.22. The van der Waals surface area contributed by atoms with E-state index in [1.165, 1.54) is 12.1 Å². The molecule has 1 aromatic heterocycles. The summed E-state index contributed by atoms with van der Waals surface area (Å²) in [4.78, 5) is 11.9. The van der Waals surface area contributed by atoms with E-state index in [0.29, 0.717) is 16.9 Å². The van der Waals surface area contributed by atoms with Crippen molar-refractivity contribution in [2.45, 2.75) is 11.8 Å². The molecular weight excluding hydrogens is 252 g/mol. The normalized spacial score (nSPS) is 11.4. The van der Waals surface area contributed by atoms with Gasteiger partial charge in [0.2, 0.25) is 0 Å². The van der Waals surface area contributed by atoms with Crippen LogP contribution in [0, 0.1) is 6.92 Å². The molecule has 2 rings (SSSR count). The summed E-state index contributed by atoms with van der Waals surface area (Å²) in [6, 6.07) is 9.50. The summed E-state index contributed by atoms with van der Waals surface area (Å²) >= 11 is 0. The van der Waals surface area contributed by atoms with Gasteiger partial charge in [-0.3, -0.25) is 0 Å². The van der Waals surface area contributed by atoms with Gasteiger partial charge in [-0.2, -0.15) is 0 Å². The number of hydrogen-bond acceptors (Lipinski definition) is 4. The van der Waals surface area contributed by atoms with Crippen molar-refractivity contribution in [3.8, 4) is 11.1 Å². The molecule has 0 aliphatic carbocycles. The van der Waals surface area contributed by atoms with Crippen LogP contribution in [0.4, 0.5) is 0 Å². The first-order valence-corrected chi connectivity index (χ1v) is 7.18. The molecule has 5 heteroatoms. The molecule has 0 unspecified atom stereocenters. The van der Waals surface area contributed by atoms with Crippen LogP contribution in [0.15, 0.2) is 50.5 Å². The zero-order valence-electron chi connectivity index (χ0n) is 10.0. The summed E-state index contributed by atoms with van der Waals surface area (Å²) in [6.45, 7) is 1.69. The van der Waals surface area contributed by atoms with Gasteiger partial charge in [0.15, 0.2) is 9.84 Å². The molecule has 0 saturated carbocycles. The molecule has 1 heterocycles. The summed E-state index contributed by atoms with van der Waals surface area (Å²) in [5, 5.41) is 0. The van der Waals surface area contributed by atoms with Gasteiger partial charge in [0.05, 0.1) is 10.5 Å². The minimum Gasteiger partial charge on any atom is -0.428 e. The van der Waals surface area contributed by atoms with E-state index in [2.05, 4.69) is 0 Å². The lowest BCUT2D eigenvalue weighted by atomic mass is 10.1. The molecule has 0 atom stereocenters. The number of rotatable bonds is 2. The predicted molar refractivity (Wildman–Crippen MR) is 68.3 cm³/mol. The lowest BCUT2D eigenvalue weighted by Crippen LogP contribution is -2.03. The van der Waals surface area contributed by atoms with Crippen LogP contribution in [0.3, 0.4) is 0 Å². The number of hydrogen-bond donors (Lipinski definition) is 0. The third kappa shape index (κ3) is 2.51. The molecular formula is C13H12O4S. The molecule has 1 aromatic carbocycles. The molecule has 94 valence electrons. The van der Waals surface area contributed by atoms with E-state index < -0.39 is 15.5 Å². The van der Waals surface area contributed by atoms with Gasteiger partial charge in [0.25, 0.3) is 0 Å². The topological polar surface area (TPSA) is 64.3 Å². The van der Waals surface area contributed by atoms with E-state index in [4.69, 9.17) is 4.42 Å². The number of sulfone groups is 1. The van der Waals surface area contributed by atoms with Gasteiger partial charge >= 0.3 is 5.63 Å².